The van der Waals surface area contributed by atoms with Gasteiger partial charge in [0, 0.05) is 0 Å². The van der Waals surface area contributed by atoms with Gasteiger partial charge < -0.3 is 20.1 Å². The molecule has 0 bridgehead atoms. The lowest BCUT2D eigenvalue weighted by atomic mass is 9.70. The molecule has 0 atom stereocenters. The predicted molar refractivity (Wildman–Crippen MR) is 225 cm³/mol. The van der Waals surface area contributed by atoms with Crippen LogP contribution in [0, 0.1) is 0 Å². The lowest BCUT2D eigenvalue weighted by Gasteiger charge is -2.30. The summed E-state index contributed by atoms with van der Waals surface area (Å²) < 4.78 is 0. The summed E-state index contributed by atoms with van der Waals surface area (Å²) in [5, 5.41) is 38.9. The van der Waals surface area contributed by atoms with E-state index >= 15 is 0 Å². The third kappa shape index (κ3) is 4.19. The number of rotatable bonds is 2. The molecule has 0 radical (unpaired) electrons. The van der Waals surface area contributed by atoms with Gasteiger partial charge in [-0.15, -0.1) is 0 Å². The number of fused-ring (bicyclic) bond motifs is 20. The minimum atomic E-state index is -1.47. The molecule has 0 aliphatic heterocycles. The molecular weight excluding hydrogens is 686 g/mol. The van der Waals surface area contributed by atoms with Crippen molar-refractivity contribution in [2.24, 2.45) is 0 Å². The molecule has 6 heteroatoms. The average molecular weight is 720 g/mol. The lowest BCUT2D eigenvalue weighted by molar-refractivity contribution is 0.424. The van der Waals surface area contributed by atoms with Gasteiger partial charge in [0.15, 0.2) is 0 Å². The van der Waals surface area contributed by atoms with Gasteiger partial charge in [0.05, 0.1) is 10.8 Å². The second-order valence-electron chi connectivity index (χ2n) is 15.1. The molecule has 4 aliphatic rings. The van der Waals surface area contributed by atoms with Gasteiger partial charge in [-0.3, -0.25) is 0 Å². The van der Waals surface area contributed by atoms with Gasteiger partial charge in [-0.1, -0.05) is 182 Å². The highest BCUT2D eigenvalue weighted by atomic mass is 16.4. The molecule has 0 saturated heterocycles. The summed E-state index contributed by atoms with van der Waals surface area (Å²) in [7, 11) is -2.95. The number of hydrogen-bond acceptors (Lipinski definition) is 4. The summed E-state index contributed by atoms with van der Waals surface area (Å²) in [4.78, 5) is 0. The molecule has 2 spiro atoms. The van der Waals surface area contributed by atoms with Gasteiger partial charge in [-0.05, 0) is 99.9 Å². The van der Waals surface area contributed by atoms with E-state index in [4.69, 9.17) is 0 Å². The predicted octanol–water partition coefficient (Wildman–Crippen LogP) is 7.42. The van der Waals surface area contributed by atoms with Gasteiger partial charge in [0.1, 0.15) is 0 Å². The van der Waals surface area contributed by atoms with Crippen molar-refractivity contribution in [3.8, 4) is 44.5 Å². The van der Waals surface area contributed by atoms with E-state index in [0.717, 1.165) is 22.3 Å². The molecule has 8 aromatic rings. The van der Waals surface area contributed by atoms with Gasteiger partial charge in [-0.2, -0.15) is 0 Å². The molecule has 0 saturated carbocycles. The van der Waals surface area contributed by atoms with Crippen LogP contribution in [0.15, 0.2) is 182 Å². The van der Waals surface area contributed by atoms with Crippen molar-refractivity contribution in [1.29, 1.82) is 0 Å². The molecule has 264 valence electrons. The maximum absolute atomic E-state index is 9.73. The molecule has 0 unspecified atom stereocenters. The Bertz CT molecular complexity index is 2620. The van der Waals surface area contributed by atoms with Crippen LogP contribution in [0.1, 0.15) is 44.5 Å². The molecule has 8 aromatic carbocycles. The van der Waals surface area contributed by atoms with E-state index in [1.54, 1.807) is 0 Å². The summed E-state index contributed by atoms with van der Waals surface area (Å²) in [5.74, 6) is 0. The highest BCUT2D eigenvalue weighted by Crippen LogP contribution is 2.64. The van der Waals surface area contributed by atoms with Crippen LogP contribution >= 0.6 is 0 Å². The zero-order chi connectivity index (χ0) is 37.8. The zero-order valence-corrected chi connectivity index (χ0v) is 30.3. The molecular formula is C50H34B2O4. The Morgan fingerprint density at radius 1 is 0.250 bits per heavy atom. The van der Waals surface area contributed by atoms with Crippen molar-refractivity contribution in [2.75, 3.05) is 0 Å². The van der Waals surface area contributed by atoms with Crippen molar-refractivity contribution >= 4 is 25.2 Å². The Kier molecular flexibility index (Phi) is 7.16. The largest absolute Gasteiger partial charge is 0.488 e. The maximum atomic E-state index is 9.73. The highest BCUT2D eigenvalue weighted by Gasteiger charge is 2.53. The second-order valence-corrected chi connectivity index (χ2v) is 15.1. The first-order valence-electron chi connectivity index (χ1n) is 19.1. The quantitative estimate of drug-likeness (QED) is 0.140. The third-order valence-corrected chi connectivity index (χ3v) is 12.6. The van der Waals surface area contributed by atoms with Crippen LogP contribution in [0.4, 0.5) is 0 Å². The van der Waals surface area contributed by atoms with Gasteiger partial charge in [0.25, 0.3) is 0 Å². The Morgan fingerprint density at radius 2 is 0.464 bits per heavy atom. The summed E-state index contributed by atoms with van der Waals surface area (Å²) in [5.41, 5.74) is 20.0. The first kappa shape index (κ1) is 33.1. The van der Waals surface area contributed by atoms with E-state index in [0.29, 0.717) is 10.9 Å². The fourth-order valence-corrected chi connectivity index (χ4v) is 10.6. The Balaban J connectivity index is 0.000000130. The van der Waals surface area contributed by atoms with E-state index < -0.39 is 14.2 Å². The van der Waals surface area contributed by atoms with Crippen molar-refractivity contribution in [3.05, 3.63) is 226 Å². The standard InChI is InChI=1S/2C25H17BO2/c2*27-26(28)16-13-14-24-20(15-16)19-9-3-6-12-23(19)25(24)21-10-4-1-7-17(21)18-8-2-5-11-22(18)25/h2*1-15,27-28H. The van der Waals surface area contributed by atoms with Crippen LogP contribution in [0.3, 0.4) is 0 Å². The van der Waals surface area contributed by atoms with Gasteiger partial charge >= 0.3 is 14.2 Å². The second kappa shape index (κ2) is 12.1. The van der Waals surface area contributed by atoms with Crippen molar-refractivity contribution in [2.45, 2.75) is 10.8 Å². The van der Waals surface area contributed by atoms with Crippen molar-refractivity contribution < 1.29 is 20.1 Å². The topological polar surface area (TPSA) is 80.9 Å². The summed E-state index contributed by atoms with van der Waals surface area (Å²) in [6.07, 6.45) is 0. The lowest BCUT2D eigenvalue weighted by Crippen LogP contribution is -2.31. The highest BCUT2D eigenvalue weighted by molar-refractivity contribution is 6.59. The third-order valence-electron chi connectivity index (χ3n) is 12.6. The van der Waals surface area contributed by atoms with E-state index in [1.807, 2.05) is 24.3 Å². The van der Waals surface area contributed by atoms with E-state index in [2.05, 4.69) is 158 Å². The molecule has 4 N–H and O–H groups in total. The first-order chi connectivity index (χ1) is 27.5. The van der Waals surface area contributed by atoms with E-state index in [1.165, 1.54) is 66.8 Å². The normalized spacial score (nSPS) is 14.4. The van der Waals surface area contributed by atoms with Crippen LogP contribution in [0.25, 0.3) is 44.5 Å². The van der Waals surface area contributed by atoms with Crippen LogP contribution in [0.2, 0.25) is 0 Å². The molecule has 12 rings (SSSR count). The molecule has 4 nitrogen and oxygen atoms in total. The molecule has 0 heterocycles. The number of hydrogen-bond donors (Lipinski definition) is 4. The Labute approximate surface area is 326 Å². The summed E-state index contributed by atoms with van der Waals surface area (Å²) in [6, 6.07) is 63.2. The maximum Gasteiger partial charge on any atom is 0.488 e. The minimum Gasteiger partial charge on any atom is -0.423 e. The zero-order valence-electron chi connectivity index (χ0n) is 30.3. The SMILES string of the molecule is OB(O)c1ccc2c(c1)-c1ccccc1C21c2ccccc2-c2ccccc21.OB(O)c1ccc2c(c1)-c1ccccc1C21c2ccccc2-c2ccccc21. The summed E-state index contributed by atoms with van der Waals surface area (Å²) in [6.45, 7) is 0. The first-order valence-corrected chi connectivity index (χ1v) is 19.1. The van der Waals surface area contributed by atoms with Crippen LogP contribution in [-0.4, -0.2) is 34.3 Å². The average Bonchev–Trinajstić information content (AvgIpc) is 3.92. The summed E-state index contributed by atoms with van der Waals surface area (Å²) >= 11 is 0. The van der Waals surface area contributed by atoms with Gasteiger partial charge in [-0.25, -0.2) is 0 Å². The minimum absolute atomic E-state index is 0.363. The molecule has 0 aromatic heterocycles. The Morgan fingerprint density at radius 3 is 0.714 bits per heavy atom. The van der Waals surface area contributed by atoms with Crippen LogP contribution < -0.4 is 10.9 Å². The fourth-order valence-electron chi connectivity index (χ4n) is 10.6. The molecule has 56 heavy (non-hydrogen) atoms. The van der Waals surface area contributed by atoms with Crippen molar-refractivity contribution in [3.63, 3.8) is 0 Å². The Hall–Kier alpha value is -6.27. The fraction of sp³-hybridized carbons (Fsp3) is 0.0400. The van der Waals surface area contributed by atoms with Crippen LogP contribution in [-0.2, 0) is 10.8 Å². The van der Waals surface area contributed by atoms with Crippen molar-refractivity contribution in [1.82, 2.24) is 0 Å². The molecule has 0 amide bonds. The van der Waals surface area contributed by atoms with Crippen LogP contribution in [0.5, 0.6) is 0 Å². The van der Waals surface area contributed by atoms with E-state index in [-0.39, 0.29) is 10.8 Å². The van der Waals surface area contributed by atoms with E-state index in [9.17, 15) is 20.1 Å². The molecule has 4 aliphatic carbocycles. The smallest absolute Gasteiger partial charge is 0.423 e. The molecule has 0 fully saturated rings. The monoisotopic (exact) mass is 720 g/mol. The number of benzene rings is 8. The van der Waals surface area contributed by atoms with Gasteiger partial charge in [0.2, 0.25) is 0 Å².